The van der Waals surface area contributed by atoms with Crippen LogP contribution in [0.4, 0.5) is 11.4 Å². The zero-order valence-corrected chi connectivity index (χ0v) is 11.9. The maximum Gasteiger partial charge on any atom is 0.0832 e. The minimum absolute atomic E-state index is 0.422. The van der Waals surface area contributed by atoms with Crippen molar-refractivity contribution < 1.29 is 0 Å². The van der Waals surface area contributed by atoms with E-state index in [0.717, 1.165) is 23.2 Å². The second-order valence-electron chi connectivity index (χ2n) is 5.39. The number of nitrogen functional groups attached to an aromatic ring is 1. The fourth-order valence-electron chi connectivity index (χ4n) is 1.58. The van der Waals surface area contributed by atoms with Crippen LogP contribution in [0.15, 0.2) is 0 Å². The molecule has 0 spiro atoms. The Morgan fingerprint density at radius 1 is 1.12 bits per heavy atom. The summed E-state index contributed by atoms with van der Waals surface area (Å²) >= 11 is 10.1. The zero-order valence-electron chi connectivity index (χ0n) is 10.2. The van der Waals surface area contributed by atoms with Crippen LogP contribution in [-0.4, -0.2) is 6.54 Å². The first kappa shape index (κ1) is 13.6. The van der Waals surface area contributed by atoms with Gasteiger partial charge in [-0.3, -0.25) is 0 Å². The van der Waals surface area contributed by atoms with Crippen LogP contribution in [0.3, 0.4) is 0 Å². The summed E-state index contributed by atoms with van der Waals surface area (Å²) in [5.41, 5.74) is 7.70. The quantitative estimate of drug-likeness (QED) is 0.610. The molecule has 90 valence electrons. The fraction of sp³-hybridized carbons (Fsp3) is 0.667. The number of hydrogen-bond acceptors (Lipinski definition) is 4. The van der Waals surface area contributed by atoms with Crippen molar-refractivity contribution in [2.24, 2.45) is 5.41 Å². The summed E-state index contributed by atoms with van der Waals surface area (Å²) in [6.07, 6.45) is 3.61. The van der Waals surface area contributed by atoms with Crippen molar-refractivity contribution in [2.45, 2.75) is 40.0 Å². The Balaban J connectivity index is 2.23. The molecule has 0 aliphatic rings. The molecule has 0 atom stereocenters. The van der Waals surface area contributed by atoms with Crippen molar-refractivity contribution in [3.05, 3.63) is 9.02 Å². The predicted molar refractivity (Wildman–Crippen MR) is 76.7 cm³/mol. The van der Waals surface area contributed by atoms with Crippen molar-refractivity contribution in [3.63, 3.8) is 0 Å². The maximum absolute atomic E-state index is 5.73. The van der Waals surface area contributed by atoms with Gasteiger partial charge in [0.1, 0.15) is 0 Å². The van der Waals surface area contributed by atoms with Gasteiger partial charge < -0.3 is 11.1 Å². The Labute approximate surface area is 108 Å². The maximum atomic E-state index is 5.73. The Hall–Kier alpha value is -0.480. The van der Waals surface area contributed by atoms with E-state index in [1.807, 2.05) is 0 Å². The van der Waals surface area contributed by atoms with Gasteiger partial charge >= 0.3 is 0 Å². The molecule has 0 aromatic heterocycles. The summed E-state index contributed by atoms with van der Waals surface area (Å²) in [7, 11) is 0. The van der Waals surface area contributed by atoms with Crippen LogP contribution >= 0.6 is 24.4 Å². The largest absolute Gasteiger partial charge is 0.396 e. The van der Waals surface area contributed by atoms with Crippen molar-refractivity contribution in [3.8, 4) is 0 Å². The molecule has 0 bridgehead atoms. The topological polar surface area (TPSA) is 38.0 Å². The molecule has 16 heavy (non-hydrogen) atoms. The molecule has 1 rings (SSSR count). The normalized spacial score (nSPS) is 11.9. The fourth-order valence-corrected chi connectivity index (χ4v) is 2.07. The number of nitrogens with one attached hydrogen (secondary N) is 1. The zero-order chi connectivity index (χ0) is 12.3. The number of rotatable bonds is 5. The Kier molecular flexibility index (Phi) is 4.44. The van der Waals surface area contributed by atoms with E-state index in [9.17, 15) is 0 Å². The van der Waals surface area contributed by atoms with E-state index in [4.69, 9.17) is 30.2 Å². The number of hydrogen-bond donors (Lipinski definition) is 2. The average molecular weight is 256 g/mol. The van der Waals surface area contributed by atoms with Gasteiger partial charge in [0.15, 0.2) is 0 Å². The van der Waals surface area contributed by atoms with Gasteiger partial charge in [-0.1, -0.05) is 51.6 Å². The molecule has 0 aliphatic carbocycles. The van der Waals surface area contributed by atoms with Crippen molar-refractivity contribution in [1.82, 2.24) is 0 Å². The Bertz CT molecular complexity index is 423. The standard InChI is InChI=1S/C12H20N2S2/c1-12(2,3)6-4-5-7-14-9-8(13)10(15)11(9)16/h14H,4-7,13H2,1-3H3. The van der Waals surface area contributed by atoms with Crippen LogP contribution in [-0.2, 0) is 0 Å². The highest BCUT2D eigenvalue weighted by molar-refractivity contribution is 7.74. The predicted octanol–water partition coefficient (Wildman–Crippen LogP) is 4.23. The van der Waals surface area contributed by atoms with E-state index in [1.165, 1.54) is 12.8 Å². The molecule has 1 aromatic rings. The first-order chi connectivity index (χ1) is 7.33. The van der Waals surface area contributed by atoms with Gasteiger partial charge in [0.25, 0.3) is 0 Å². The summed E-state index contributed by atoms with van der Waals surface area (Å²) in [6.45, 7) is 7.72. The highest BCUT2D eigenvalue weighted by atomic mass is 32.1. The Morgan fingerprint density at radius 3 is 2.25 bits per heavy atom. The van der Waals surface area contributed by atoms with E-state index in [-0.39, 0.29) is 0 Å². The third-order valence-corrected chi connectivity index (χ3v) is 3.56. The number of anilines is 2. The van der Waals surface area contributed by atoms with Gasteiger partial charge in [-0.05, 0) is 18.3 Å². The molecule has 0 fully saturated rings. The van der Waals surface area contributed by atoms with E-state index < -0.39 is 0 Å². The molecular weight excluding hydrogens is 236 g/mol. The molecule has 2 nitrogen and oxygen atoms in total. The second kappa shape index (κ2) is 5.23. The lowest BCUT2D eigenvalue weighted by Crippen LogP contribution is -2.10. The third-order valence-electron chi connectivity index (χ3n) is 2.60. The smallest absolute Gasteiger partial charge is 0.0832 e. The van der Waals surface area contributed by atoms with Crippen LogP contribution in [0, 0.1) is 14.4 Å². The van der Waals surface area contributed by atoms with E-state index >= 15 is 0 Å². The minimum Gasteiger partial charge on any atom is -0.396 e. The first-order valence-electron chi connectivity index (χ1n) is 5.65. The van der Waals surface area contributed by atoms with E-state index in [0.29, 0.717) is 15.6 Å². The van der Waals surface area contributed by atoms with Gasteiger partial charge in [-0.15, -0.1) is 0 Å². The Morgan fingerprint density at radius 2 is 1.75 bits per heavy atom. The SMILES string of the molecule is CC(C)(C)CCCCNc1c(N)c(=S)c1=S. The highest BCUT2D eigenvalue weighted by Gasteiger charge is 2.11. The number of unbranched alkanes of at least 4 members (excludes halogenated alkanes) is 1. The number of nitrogens with two attached hydrogens (primary N) is 1. The molecule has 4 heteroatoms. The third kappa shape index (κ3) is 3.52. The lowest BCUT2D eigenvalue weighted by molar-refractivity contribution is 0.362. The lowest BCUT2D eigenvalue weighted by atomic mass is 9.90. The van der Waals surface area contributed by atoms with Crippen LogP contribution in [0.2, 0.25) is 0 Å². The summed E-state index contributed by atoms with van der Waals surface area (Å²) in [5, 5.41) is 3.26. The van der Waals surface area contributed by atoms with Gasteiger partial charge in [0.2, 0.25) is 0 Å². The van der Waals surface area contributed by atoms with Crippen molar-refractivity contribution in [1.29, 1.82) is 0 Å². The molecule has 0 unspecified atom stereocenters. The highest BCUT2D eigenvalue weighted by Crippen LogP contribution is 2.29. The van der Waals surface area contributed by atoms with Gasteiger partial charge in [0.05, 0.1) is 20.4 Å². The molecule has 0 heterocycles. The van der Waals surface area contributed by atoms with Gasteiger partial charge in [0, 0.05) is 6.54 Å². The van der Waals surface area contributed by atoms with Crippen LogP contribution in [0.25, 0.3) is 0 Å². The molecule has 0 amide bonds. The molecule has 0 saturated heterocycles. The minimum atomic E-state index is 0.422. The average Bonchev–Trinajstić information content (AvgIpc) is 2.20. The molecule has 1 aromatic carbocycles. The molecular formula is C12H20N2S2. The molecule has 0 aliphatic heterocycles. The van der Waals surface area contributed by atoms with Crippen molar-refractivity contribution >= 4 is 35.8 Å². The molecule has 0 saturated carbocycles. The summed E-state index contributed by atoms with van der Waals surface area (Å²) in [6, 6.07) is 0. The molecule has 0 radical (unpaired) electrons. The van der Waals surface area contributed by atoms with Gasteiger partial charge in [-0.2, -0.15) is 0 Å². The van der Waals surface area contributed by atoms with Crippen LogP contribution in [0.5, 0.6) is 0 Å². The van der Waals surface area contributed by atoms with Crippen LogP contribution < -0.4 is 11.1 Å². The van der Waals surface area contributed by atoms with Crippen molar-refractivity contribution in [2.75, 3.05) is 17.6 Å². The van der Waals surface area contributed by atoms with Gasteiger partial charge in [-0.25, -0.2) is 0 Å². The molecule has 3 N–H and O–H groups in total. The van der Waals surface area contributed by atoms with E-state index in [2.05, 4.69) is 26.1 Å². The first-order valence-corrected chi connectivity index (χ1v) is 6.47. The summed E-state index contributed by atoms with van der Waals surface area (Å²) < 4.78 is 1.37. The van der Waals surface area contributed by atoms with Crippen LogP contribution in [0.1, 0.15) is 40.0 Å². The second-order valence-corrected chi connectivity index (χ2v) is 6.21. The lowest BCUT2D eigenvalue weighted by Gasteiger charge is -2.18. The summed E-state index contributed by atoms with van der Waals surface area (Å²) in [5.74, 6) is 0. The monoisotopic (exact) mass is 256 g/mol. The summed E-state index contributed by atoms with van der Waals surface area (Å²) in [4.78, 5) is 0. The van der Waals surface area contributed by atoms with E-state index in [1.54, 1.807) is 0 Å².